The number of hydrogen-bond acceptors (Lipinski definition) is 3. The molecule has 0 bridgehead atoms. The second kappa shape index (κ2) is 5.16. The summed E-state index contributed by atoms with van der Waals surface area (Å²) in [6.07, 6.45) is 0.625. The standard InChI is InChI=1S/C6H6O.C3H6N2O/c7-6-4-2-1-3-5-6;6-3-1-2-4-5-3/h1-5,7H;4H,1-2H2,(H,5,6). The molecule has 1 aliphatic heterocycles. The lowest BCUT2D eigenvalue weighted by Gasteiger charge is -1.83. The smallest absolute Gasteiger partial charge is 0.235 e. The number of rotatable bonds is 0. The van der Waals surface area contributed by atoms with Gasteiger partial charge in [-0.25, -0.2) is 5.43 Å². The van der Waals surface area contributed by atoms with E-state index in [9.17, 15) is 4.79 Å². The zero-order valence-electron chi connectivity index (χ0n) is 7.16. The number of phenolic OH excluding ortho intramolecular Hbond substituents is 1. The van der Waals surface area contributed by atoms with Crippen molar-refractivity contribution in [3.8, 4) is 5.75 Å². The summed E-state index contributed by atoms with van der Waals surface area (Å²) in [6.45, 7) is 0.777. The normalized spacial score (nSPS) is 14.3. The Kier molecular flexibility index (Phi) is 3.78. The molecule has 2 rings (SSSR count). The number of carbonyl (C=O) groups excluding carboxylic acids is 1. The summed E-state index contributed by atoms with van der Waals surface area (Å²) in [6, 6.07) is 8.71. The van der Waals surface area contributed by atoms with E-state index in [0.29, 0.717) is 12.2 Å². The number of carbonyl (C=O) groups is 1. The Morgan fingerprint density at radius 3 is 2.15 bits per heavy atom. The van der Waals surface area contributed by atoms with Crippen LogP contribution < -0.4 is 10.9 Å². The van der Waals surface area contributed by atoms with Crippen molar-refractivity contribution in [3.05, 3.63) is 30.3 Å². The first-order valence-corrected chi connectivity index (χ1v) is 4.05. The molecule has 4 heteroatoms. The Morgan fingerprint density at radius 1 is 1.23 bits per heavy atom. The van der Waals surface area contributed by atoms with E-state index in [1.165, 1.54) is 0 Å². The van der Waals surface area contributed by atoms with Gasteiger partial charge in [0, 0.05) is 13.0 Å². The Bertz CT molecular complexity index is 254. The van der Waals surface area contributed by atoms with Crippen LogP contribution in [0.3, 0.4) is 0 Å². The van der Waals surface area contributed by atoms with Gasteiger partial charge in [0.25, 0.3) is 0 Å². The number of aromatic hydroxyl groups is 1. The van der Waals surface area contributed by atoms with E-state index >= 15 is 0 Å². The first kappa shape index (κ1) is 9.54. The summed E-state index contributed by atoms with van der Waals surface area (Å²) in [5.41, 5.74) is 5.10. The van der Waals surface area contributed by atoms with E-state index in [1.807, 2.05) is 6.07 Å². The van der Waals surface area contributed by atoms with E-state index in [2.05, 4.69) is 10.9 Å². The number of nitrogens with one attached hydrogen (secondary N) is 2. The minimum atomic E-state index is 0.0926. The van der Waals surface area contributed by atoms with Crippen LogP contribution in [0.1, 0.15) is 6.42 Å². The van der Waals surface area contributed by atoms with Crippen molar-refractivity contribution >= 4 is 5.91 Å². The van der Waals surface area contributed by atoms with Crippen molar-refractivity contribution in [2.24, 2.45) is 0 Å². The number of amides is 1. The van der Waals surface area contributed by atoms with Crippen LogP contribution in [0.15, 0.2) is 30.3 Å². The lowest BCUT2D eigenvalue weighted by molar-refractivity contribution is -0.119. The van der Waals surface area contributed by atoms with E-state index < -0.39 is 0 Å². The molecule has 1 heterocycles. The first-order valence-electron chi connectivity index (χ1n) is 4.05. The minimum absolute atomic E-state index is 0.0926. The van der Waals surface area contributed by atoms with Crippen LogP contribution in [-0.4, -0.2) is 17.6 Å². The molecule has 0 atom stereocenters. The molecular formula is C9H12N2O2. The van der Waals surface area contributed by atoms with Crippen molar-refractivity contribution in [2.45, 2.75) is 6.42 Å². The number of para-hydroxylation sites is 1. The number of hydrazine groups is 1. The Labute approximate surface area is 76.6 Å². The minimum Gasteiger partial charge on any atom is -0.508 e. The molecule has 1 aromatic carbocycles. The van der Waals surface area contributed by atoms with Gasteiger partial charge in [-0.2, -0.15) is 0 Å². The third-order valence-electron chi connectivity index (χ3n) is 1.46. The van der Waals surface area contributed by atoms with Gasteiger partial charge >= 0.3 is 0 Å². The lowest BCUT2D eigenvalue weighted by Crippen LogP contribution is -2.25. The maximum Gasteiger partial charge on any atom is 0.235 e. The molecule has 1 amide bonds. The van der Waals surface area contributed by atoms with Gasteiger partial charge in [-0.15, -0.1) is 0 Å². The SMILES string of the molecule is O=C1CCNN1.Oc1ccccc1. The molecule has 13 heavy (non-hydrogen) atoms. The van der Waals surface area contributed by atoms with Gasteiger partial charge in [0.2, 0.25) is 5.91 Å². The average molecular weight is 180 g/mol. The predicted molar refractivity (Wildman–Crippen MR) is 48.9 cm³/mol. The highest BCUT2D eigenvalue weighted by molar-refractivity contribution is 5.77. The quantitative estimate of drug-likeness (QED) is 0.541. The third kappa shape index (κ3) is 4.12. The Morgan fingerprint density at radius 2 is 1.92 bits per heavy atom. The molecule has 1 fully saturated rings. The van der Waals surface area contributed by atoms with Gasteiger partial charge in [-0.3, -0.25) is 10.2 Å². The molecule has 0 saturated carbocycles. The van der Waals surface area contributed by atoms with E-state index in [-0.39, 0.29) is 5.91 Å². The van der Waals surface area contributed by atoms with Crippen LogP contribution in [-0.2, 0) is 4.79 Å². The maximum atomic E-state index is 10.1. The summed E-state index contributed by atoms with van der Waals surface area (Å²) in [4.78, 5) is 10.1. The van der Waals surface area contributed by atoms with Crippen molar-refractivity contribution in [3.63, 3.8) is 0 Å². The van der Waals surface area contributed by atoms with Gasteiger partial charge in [0.15, 0.2) is 0 Å². The van der Waals surface area contributed by atoms with E-state index in [0.717, 1.165) is 6.54 Å². The highest BCUT2D eigenvalue weighted by Crippen LogP contribution is 2.02. The largest absolute Gasteiger partial charge is 0.508 e. The van der Waals surface area contributed by atoms with Gasteiger partial charge in [-0.05, 0) is 12.1 Å². The zero-order valence-corrected chi connectivity index (χ0v) is 7.16. The van der Waals surface area contributed by atoms with Gasteiger partial charge in [-0.1, -0.05) is 18.2 Å². The van der Waals surface area contributed by atoms with Crippen LogP contribution in [0, 0.1) is 0 Å². The summed E-state index contributed by atoms with van der Waals surface area (Å²) in [5, 5.41) is 8.63. The predicted octanol–water partition coefficient (Wildman–Crippen LogP) is 0.403. The van der Waals surface area contributed by atoms with Crippen molar-refractivity contribution in [1.82, 2.24) is 10.9 Å². The van der Waals surface area contributed by atoms with E-state index in [4.69, 9.17) is 5.11 Å². The second-order valence-electron chi connectivity index (χ2n) is 2.56. The molecule has 0 radical (unpaired) electrons. The average Bonchev–Trinajstić information content (AvgIpc) is 2.58. The fourth-order valence-electron chi connectivity index (χ4n) is 0.828. The molecule has 3 N–H and O–H groups in total. The van der Waals surface area contributed by atoms with Crippen LogP contribution in [0.2, 0.25) is 0 Å². The first-order chi connectivity index (χ1) is 6.29. The van der Waals surface area contributed by atoms with Crippen LogP contribution in [0.5, 0.6) is 5.75 Å². The van der Waals surface area contributed by atoms with Crippen molar-refractivity contribution in [2.75, 3.05) is 6.54 Å². The third-order valence-corrected chi connectivity index (χ3v) is 1.46. The molecule has 0 aliphatic carbocycles. The summed E-state index contributed by atoms with van der Waals surface area (Å²) in [5.74, 6) is 0.414. The maximum absolute atomic E-state index is 10.1. The molecule has 1 aliphatic rings. The second-order valence-corrected chi connectivity index (χ2v) is 2.56. The Balaban J connectivity index is 0.000000132. The molecule has 0 unspecified atom stereocenters. The molecule has 1 saturated heterocycles. The summed E-state index contributed by atoms with van der Waals surface area (Å²) < 4.78 is 0. The molecule has 4 nitrogen and oxygen atoms in total. The monoisotopic (exact) mass is 180 g/mol. The fraction of sp³-hybridized carbons (Fsp3) is 0.222. The van der Waals surface area contributed by atoms with Gasteiger partial charge < -0.3 is 5.11 Å². The molecule has 0 aromatic heterocycles. The van der Waals surface area contributed by atoms with E-state index in [1.54, 1.807) is 24.3 Å². The molecular weight excluding hydrogens is 168 g/mol. The number of phenols is 1. The number of benzene rings is 1. The van der Waals surface area contributed by atoms with Crippen LogP contribution in [0.25, 0.3) is 0 Å². The van der Waals surface area contributed by atoms with Crippen molar-refractivity contribution < 1.29 is 9.90 Å². The highest BCUT2D eigenvalue weighted by Gasteiger charge is 2.04. The topological polar surface area (TPSA) is 61.4 Å². The summed E-state index contributed by atoms with van der Waals surface area (Å²) >= 11 is 0. The molecule has 0 spiro atoms. The zero-order chi connectivity index (χ0) is 9.52. The molecule has 1 aromatic rings. The molecule has 70 valence electrons. The fourth-order valence-corrected chi connectivity index (χ4v) is 0.828. The lowest BCUT2D eigenvalue weighted by atomic mass is 10.3. The highest BCUT2D eigenvalue weighted by atomic mass is 16.3. The van der Waals surface area contributed by atoms with Gasteiger partial charge in [0.05, 0.1) is 0 Å². The van der Waals surface area contributed by atoms with Crippen molar-refractivity contribution in [1.29, 1.82) is 0 Å². The number of hydrogen-bond donors (Lipinski definition) is 3. The van der Waals surface area contributed by atoms with Gasteiger partial charge in [0.1, 0.15) is 5.75 Å². The van der Waals surface area contributed by atoms with Crippen LogP contribution in [0.4, 0.5) is 0 Å². The Hall–Kier alpha value is -1.55. The van der Waals surface area contributed by atoms with Crippen LogP contribution >= 0.6 is 0 Å². The summed E-state index contributed by atoms with van der Waals surface area (Å²) in [7, 11) is 0.